The predicted molar refractivity (Wildman–Crippen MR) is 34.7 cm³/mol. The molecule has 5 heteroatoms. The topological polar surface area (TPSA) is 55.1 Å². The second kappa shape index (κ2) is 3.14. The number of nitrogens with zero attached hydrogens (tertiary/aromatic N) is 2. The van der Waals surface area contributed by atoms with Crippen molar-refractivity contribution < 1.29 is 14.3 Å². The van der Waals surface area contributed by atoms with E-state index in [1.54, 1.807) is 0 Å². The maximum Gasteiger partial charge on any atom is 0.325 e. The van der Waals surface area contributed by atoms with Crippen molar-refractivity contribution >= 4 is 5.97 Å². The van der Waals surface area contributed by atoms with Crippen molar-refractivity contribution in [1.29, 1.82) is 0 Å². The SMILES string of the molecule is O=C(O)Cn1nccc1CF. The highest BCUT2D eigenvalue weighted by Gasteiger charge is 2.04. The zero-order valence-electron chi connectivity index (χ0n) is 5.70. The lowest BCUT2D eigenvalue weighted by Crippen LogP contribution is -2.12. The molecule has 0 atom stereocenters. The van der Waals surface area contributed by atoms with Crippen LogP contribution in [0.4, 0.5) is 4.39 Å². The quantitative estimate of drug-likeness (QED) is 0.694. The molecule has 0 spiro atoms. The third kappa shape index (κ3) is 1.76. The van der Waals surface area contributed by atoms with Crippen molar-refractivity contribution in [2.45, 2.75) is 13.2 Å². The Morgan fingerprint density at radius 2 is 2.55 bits per heavy atom. The van der Waals surface area contributed by atoms with Gasteiger partial charge in [0.2, 0.25) is 0 Å². The minimum atomic E-state index is -1.02. The second-order valence-electron chi connectivity index (χ2n) is 2.01. The van der Waals surface area contributed by atoms with E-state index in [0.717, 1.165) is 4.68 Å². The molecular formula is C6H7FN2O2. The van der Waals surface area contributed by atoms with E-state index in [0.29, 0.717) is 0 Å². The molecule has 1 rings (SSSR count). The highest BCUT2D eigenvalue weighted by molar-refractivity contribution is 5.66. The molecule has 0 aliphatic rings. The summed E-state index contributed by atoms with van der Waals surface area (Å²) in [6, 6.07) is 1.45. The molecule has 0 bridgehead atoms. The van der Waals surface area contributed by atoms with E-state index in [4.69, 9.17) is 5.11 Å². The molecule has 0 radical (unpaired) electrons. The molecule has 0 unspecified atom stereocenters. The van der Waals surface area contributed by atoms with Crippen LogP contribution in [0, 0.1) is 0 Å². The smallest absolute Gasteiger partial charge is 0.325 e. The summed E-state index contributed by atoms with van der Waals surface area (Å²) >= 11 is 0. The summed E-state index contributed by atoms with van der Waals surface area (Å²) in [6.45, 7) is -0.973. The maximum atomic E-state index is 12.0. The normalized spacial score (nSPS) is 9.91. The second-order valence-corrected chi connectivity index (χ2v) is 2.01. The first-order valence-electron chi connectivity index (χ1n) is 3.02. The molecule has 0 fully saturated rings. The van der Waals surface area contributed by atoms with Gasteiger partial charge in [0.05, 0.1) is 5.69 Å². The van der Waals surface area contributed by atoms with Gasteiger partial charge in [-0.1, -0.05) is 0 Å². The third-order valence-corrected chi connectivity index (χ3v) is 1.23. The van der Waals surface area contributed by atoms with Gasteiger partial charge < -0.3 is 5.11 Å². The Labute approximate surface area is 62.3 Å². The molecule has 1 N–H and O–H groups in total. The highest BCUT2D eigenvalue weighted by Crippen LogP contribution is 1.99. The molecule has 0 aliphatic carbocycles. The number of carboxylic acids is 1. The summed E-state index contributed by atoms with van der Waals surface area (Å²) in [4.78, 5) is 10.2. The van der Waals surface area contributed by atoms with Gasteiger partial charge in [-0.05, 0) is 6.07 Å². The van der Waals surface area contributed by atoms with E-state index < -0.39 is 12.6 Å². The van der Waals surface area contributed by atoms with Crippen LogP contribution in [0.15, 0.2) is 12.3 Å². The van der Waals surface area contributed by atoms with Gasteiger partial charge in [0.25, 0.3) is 0 Å². The van der Waals surface area contributed by atoms with Gasteiger partial charge in [0, 0.05) is 6.20 Å². The van der Waals surface area contributed by atoms with Gasteiger partial charge in [-0.2, -0.15) is 5.10 Å². The van der Waals surface area contributed by atoms with Gasteiger partial charge >= 0.3 is 5.97 Å². The van der Waals surface area contributed by atoms with E-state index in [9.17, 15) is 9.18 Å². The summed E-state index contributed by atoms with van der Waals surface area (Å²) in [5.74, 6) is -1.02. The van der Waals surface area contributed by atoms with Crippen LogP contribution < -0.4 is 0 Å². The zero-order chi connectivity index (χ0) is 8.27. The first-order valence-corrected chi connectivity index (χ1v) is 3.02. The van der Waals surface area contributed by atoms with Crippen LogP contribution in [0.5, 0.6) is 0 Å². The average Bonchev–Trinajstić information content (AvgIpc) is 2.34. The minimum Gasteiger partial charge on any atom is -0.480 e. The Hall–Kier alpha value is -1.39. The number of halogens is 1. The van der Waals surface area contributed by atoms with E-state index >= 15 is 0 Å². The van der Waals surface area contributed by atoms with Crippen LogP contribution in [-0.4, -0.2) is 20.9 Å². The lowest BCUT2D eigenvalue weighted by atomic mass is 10.4. The maximum absolute atomic E-state index is 12.0. The molecule has 11 heavy (non-hydrogen) atoms. The van der Waals surface area contributed by atoms with Crippen molar-refractivity contribution in [1.82, 2.24) is 9.78 Å². The highest BCUT2D eigenvalue weighted by atomic mass is 19.1. The molecule has 1 aromatic heterocycles. The van der Waals surface area contributed by atoms with E-state index in [1.165, 1.54) is 12.3 Å². The van der Waals surface area contributed by atoms with Crippen LogP contribution in [0.1, 0.15) is 5.69 Å². The summed E-state index contributed by atoms with van der Waals surface area (Å²) < 4.78 is 13.1. The fourth-order valence-corrected chi connectivity index (χ4v) is 0.744. The Bertz CT molecular complexity index is 259. The van der Waals surface area contributed by atoms with Crippen LogP contribution in [-0.2, 0) is 18.0 Å². The Balaban J connectivity index is 2.76. The van der Waals surface area contributed by atoms with Gasteiger partial charge in [-0.25, -0.2) is 4.39 Å². The average molecular weight is 158 g/mol. The molecule has 1 aromatic rings. The summed E-state index contributed by atoms with van der Waals surface area (Å²) in [5, 5.41) is 11.9. The molecule has 1 heterocycles. The fourth-order valence-electron chi connectivity index (χ4n) is 0.744. The number of aromatic nitrogens is 2. The van der Waals surface area contributed by atoms with Crippen LogP contribution in [0.3, 0.4) is 0 Å². The Morgan fingerprint density at radius 3 is 3.09 bits per heavy atom. The van der Waals surface area contributed by atoms with E-state index in [1.807, 2.05) is 0 Å². The van der Waals surface area contributed by atoms with Gasteiger partial charge in [-0.3, -0.25) is 9.48 Å². The number of carboxylic acid groups (broad SMARTS) is 1. The molecule has 0 saturated heterocycles. The third-order valence-electron chi connectivity index (χ3n) is 1.23. The van der Waals surface area contributed by atoms with E-state index in [-0.39, 0.29) is 12.2 Å². The first kappa shape index (κ1) is 7.71. The van der Waals surface area contributed by atoms with Crippen molar-refractivity contribution in [3.05, 3.63) is 18.0 Å². The largest absolute Gasteiger partial charge is 0.480 e. The van der Waals surface area contributed by atoms with Gasteiger partial charge in [0.15, 0.2) is 0 Å². The minimum absolute atomic E-state index is 0.285. The number of carbonyl (C=O) groups is 1. The number of hydrogen-bond donors (Lipinski definition) is 1. The van der Waals surface area contributed by atoms with Crippen LogP contribution in [0.2, 0.25) is 0 Å². The summed E-state index contributed by atoms with van der Waals surface area (Å²) in [6.07, 6.45) is 1.37. The van der Waals surface area contributed by atoms with Crippen molar-refractivity contribution in [2.24, 2.45) is 0 Å². The molecular weight excluding hydrogens is 151 g/mol. The van der Waals surface area contributed by atoms with Crippen molar-refractivity contribution in [3.8, 4) is 0 Å². The van der Waals surface area contributed by atoms with Crippen molar-refractivity contribution in [3.63, 3.8) is 0 Å². The molecule has 0 aromatic carbocycles. The number of rotatable bonds is 3. The zero-order valence-corrected chi connectivity index (χ0v) is 5.70. The lowest BCUT2D eigenvalue weighted by molar-refractivity contribution is -0.137. The first-order chi connectivity index (χ1) is 5.24. The number of alkyl halides is 1. The fraction of sp³-hybridized carbons (Fsp3) is 0.333. The predicted octanol–water partition coefficient (Wildman–Crippen LogP) is 0.437. The van der Waals surface area contributed by atoms with Crippen LogP contribution in [0.25, 0.3) is 0 Å². The number of hydrogen-bond acceptors (Lipinski definition) is 2. The summed E-state index contributed by atoms with van der Waals surface area (Å²) in [7, 11) is 0. The standard InChI is InChI=1S/C6H7FN2O2/c7-3-5-1-2-8-9(5)4-6(10)11/h1-2H,3-4H2,(H,10,11). The lowest BCUT2D eigenvalue weighted by Gasteiger charge is -1.98. The molecule has 0 amide bonds. The monoisotopic (exact) mass is 158 g/mol. The molecule has 0 aliphatic heterocycles. The number of aliphatic carboxylic acids is 1. The molecule has 4 nitrogen and oxygen atoms in total. The Kier molecular flexibility index (Phi) is 2.20. The van der Waals surface area contributed by atoms with Gasteiger partial charge in [-0.15, -0.1) is 0 Å². The Morgan fingerprint density at radius 1 is 1.82 bits per heavy atom. The molecule has 0 saturated carbocycles. The molecule has 60 valence electrons. The van der Waals surface area contributed by atoms with E-state index in [2.05, 4.69) is 5.10 Å². The van der Waals surface area contributed by atoms with Crippen LogP contribution >= 0.6 is 0 Å². The summed E-state index contributed by atoms with van der Waals surface area (Å²) in [5.41, 5.74) is 0.285. The van der Waals surface area contributed by atoms with Gasteiger partial charge in [0.1, 0.15) is 13.2 Å². The van der Waals surface area contributed by atoms with Crippen molar-refractivity contribution in [2.75, 3.05) is 0 Å².